The predicted octanol–water partition coefficient (Wildman–Crippen LogP) is 13.3. The highest BCUT2D eigenvalue weighted by atomic mass is 16.3. The lowest BCUT2D eigenvalue weighted by atomic mass is 9.81. The summed E-state index contributed by atoms with van der Waals surface area (Å²) in [4.78, 5) is 2.46. The van der Waals surface area contributed by atoms with Gasteiger partial charge in [-0.1, -0.05) is 135 Å². The van der Waals surface area contributed by atoms with Gasteiger partial charge >= 0.3 is 0 Å². The molecule has 0 aliphatic heterocycles. The summed E-state index contributed by atoms with van der Waals surface area (Å²) >= 11 is 0. The standard InChI is InChI=1S/C49H37NO/c1-49(2)43-20-12-11-19-39(43)41-30-40(34-15-7-4-8-16-34)45(31-44(41)49)50(36-24-21-33(22-25-36)32-13-5-3-6-14-32)37-26-28-46-42(29-37)48-38-18-10-9-17-35(38)23-27-47(48)51-46/h3-22,24-26,28-31H,23,27H2,1-2H3. The van der Waals surface area contributed by atoms with Gasteiger partial charge in [0, 0.05) is 39.7 Å². The number of nitrogens with zero attached hydrogens (tertiary/aromatic N) is 1. The largest absolute Gasteiger partial charge is 0.460 e. The number of benzene rings is 7. The van der Waals surface area contributed by atoms with Crippen LogP contribution in [-0.4, -0.2) is 0 Å². The summed E-state index contributed by atoms with van der Waals surface area (Å²) in [6.45, 7) is 4.73. The van der Waals surface area contributed by atoms with Crippen molar-refractivity contribution in [3.8, 4) is 44.5 Å². The molecule has 51 heavy (non-hydrogen) atoms. The van der Waals surface area contributed by atoms with E-state index in [1.54, 1.807) is 0 Å². The fourth-order valence-corrected chi connectivity index (χ4v) is 8.61. The second kappa shape index (κ2) is 11.5. The van der Waals surface area contributed by atoms with Crippen molar-refractivity contribution in [3.05, 3.63) is 186 Å². The molecule has 2 heteroatoms. The third-order valence-electron chi connectivity index (χ3n) is 11.2. The van der Waals surface area contributed by atoms with Gasteiger partial charge in [0.2, 0.25) is 0 Å². The Kier molecular flexibility index (Phi) is 6.69. The van der Waals surface area contributed by atoms with Gasteiger partial charge in [-0.2, -0.15) is 0 Å². The average molecular weight is 656 g/mol. The van der Waals surface area contributed by atoms with E-state index < -0.39 is 0 Å². The van der Waals surface area contributed by atoms with Gasteiger partial charge in [0.25, 0.3) is 0 Å². The van der Waals surface area contributed by atoms with E-state index in [-0.39, 0.29) is 5.41 Å². The molecule has 1 aromatic heterocycles. The van der Waals surface area contributed by atoms with E-state index in [9.17, 15) is 0 Å². The first-order valence-corrected chi connectivity index (χ1v) is 18.0. The Morgan fingerprint density at radius 3 is 1.92 bits per heavy atom. The van der Waals surface area contributed by atoms with Crippen LogP contribution in [0.1, 0.15) is 36.3 Å². The number of rotatable bonds is 5. The van der Waals surface area contributed by atoms with Crippen LogP contribution in [0.4, 0.5) is 17.1 Å². The highest BCUT2D eigenvalue weighted by molar-refractivity contribution is 6.01. The lowest BCUT2D eigenvalue weighted by molar-refractivity contribution is 0.546. The Morgan fingerprint density at radius 1 is 0.490 bits per heavy atom. The molecule has 0 atom stereocenters. The number of hydrogen-bond acceptors (Lipinski definition) is 2. The number of furan rings is 1. The van der Waals surface area contributed by atoms with Crippen LogP contribution >= 0.6 is 0 Å². The van der Waals surface area contributed by atoms with Gasteiger partial charge in [-0.25, -0.2) is 0 Å². The van der Waals surface area contributed by atoms with Crippen molar-refractivity contribution in [2.75, 3.05) is 4.90 Å². The van der Waals surface area contributed by atoms with Crippen LogP contribution in [0.5, 0.6) is 0 Å². The van der Waals surface area contributed by atoms with Crippen LogP contribution < -0.4 is 4.90 Å². The van der Waals surface area contributed by atoms with Gasteiger partial charge in [-0.15, -0.1) is 0 Å². The summed E-state index contributed by atoms with van der Waals surface area (Å²) in [7, 11) is 0. The van der Waals surface area contributed by atoms with Crippen molar-refractivity contribution in [3.63, 3.8) is 0 Å². The predicted molar refractivity (Wildman–Crippen MR) is 212 cm³/mol. The molecular weight excluding hydrogens is 619 g/mol. The molecule has 0 N–H and O–H groups in total. The highest BCUT2D eigenvalue weighted by Gasteiger charge is 2.37. The molecule has 2 nitrogen and oxygen atoms in total. The van der Waals surface area contributed by atoms with Crippen LogP contribution in [0.3, 0.4) is 0 Å². The molecule has 7 aromatic carbocycles. The summed E-state index contributed by atoms with van der Waals surface area (Å²) < 4.78 is 6.56. The van der Waals surface area contributed by atoms with Crippen molar-refractivity contribution in [1.29, 1.82) is 0 Å². The second-order valence-corrected chi connectivity index (χ2v) is 14.4. The summed E-state index contributed by atoms with van der Waals surface area (Å²) in [5.41, 5.74) is 18.2. The Morgan fingerprint density at radius 2 is 1.14 bits per heavy atom. The number of hydrogen-bond donors (Lipinski definition) is 0. The van der Waals surface area contributed by atoms with Crippen LogP contribution in [0, 0.1) is 0 Å². The molecule has 244 valence electrons. The molecule has 0 unspecified atom stereocenters. The zero-order valence-electron chi connectivity index (χ0n) is 28.9. The molecule has 2 aliphatic rings. The van der Waals surface area contributed by atoms with Gasteiger partial charge < -0.3 is 9.32 Å². The molecule has 8 aromatic rings. The van der Waals surface area contributed by atoms with Crippen molar-refractivity contribution in [2.24, 2.45) is 0 Å². The molecule has 0 amide bonds. The van der Waals surface area contributed by atoms with Gasteiger partial charge in [-0.3, -0.25) is 0 Å². The Balaban J connectivity index is 1.24. The minimum Gasteiger partial charge on any atom is -0.460 e. The van der Waals surface area contributed by atoms with E-state index in [1.165, 1.54) is 61.2 Å². The zero-order valence-corrected chi connectivity index (χ0v) is 28.9. The minimum atomic E-state index is -0.143. The second-order valence-electron chi connectivity index (χ2n) is 14.4. The van der Waals surface area contributed by atoms with Crippen molar-refractivity contribution >= 4 is 28.0 Å². The molecule has 0 radical (unpaired) electrons. The van der Waals surface area contributed by atoms with E-state index in [4.69, 9.17) is 4.42 Å². The van der Waals surface area contributed by atoms with E-state index in [0.29, 0.717) is 0 Å². The smallest absolute Gasteiger partial charge is 0.135 e. The summed E-state index contributed by atoms with van der Waals surface area (Å²) in [5, 5.41) is 1.16. The maximum absolute atomic E-state index is 6.56. The quantitative estimate of drug-likeness (QED) is 0.183. The molecule has 0 bridgehead atoms. The lowest BCUT2D eigenvalue weighted by Crippen LogP contribution is -2.17. The fourth-order valence-electron chi connectivity index (χ4n) is 8.61. The van der Waals surface area contributed by atoms with E-state index in [2.05, 4.69) is 183 Å². The van der Waals surface area contributed by atoms with E-state index in [1.807, 2.05) is 0 Å². The van der Waals surface area contributed by atoms with Crippen LogP contribution in [-0.2, 0) is 18.3 Å². The SMILES string of the molecule is CC1(C)c2ccccc2-c2cc(-c3ccccc3)c(N(c3ccc(-c4ccccc4)cc3)c3ccc4oc5c(c4c3)-c3ccccc3CC5)cc21. The minimum absolute atomic E-state index is 0.143. The summed E-state index contributed by atoms with van der Waals surface area (Å²) in [6.07, 6.45) is 1.92. The first-order valence-electron chi connectivity index (χ1n) is 18.0. The van der Waals surface area contributed by atoms with Gasteiger partial charge in [0.15, 0.2) is 0 Å². The van der Waals surface area contributed by atoms with Crippen LogP contribution in [0.25, 0.3) is 55.5 Å². The Hall–Kier alpha value is -6.12. The normalized spacial score (nSPS) is 13.7. The number of fused-ring (bicyclic) bond motifs is 8. The average Bonchev–Trinajstić information content (AvgIpc) is 3.67. The van der Waals surface area contributed by atoms with Gasteiger partial charge in [0.05, 0.1) is 5.69 Å². The Labute approximate surface area is 299 Å². The molecule has 0 saturated carbocycles. The number of aryl methyl sites for hydroxylation is 2. The van der Waals surface area contributed by atoms with Crippen LogP contribution in [0.2, 0.25) is 0 Å². The van der Waals surface area contributed by atoms with Crippen LogP contribution in [0.15, 0.2) is 168 Å². The zero-order chi connectivity index (χ0) is 34.1. The molecule has 0 fully saturated rings. The molecule has 10 rings (SSSR count). The lowest BCUT2D eigenvalue weighted by Gasteiger charge is -2.30. The highest BCUT2D eigenvalue weighted by Crippen LogP contribution is 2.54. The van der Waals surface area contributed by atoms with E-state index >= 15 is 0 Å². The molecule has 1 heterocycles. The topological polar surface area (TPSA) is 16.4 Å². The third kappa shape index (κ3) is 4.71. The third-order valence-corrected chi connectivity index (χ3v) is 11.2. The Bertz CT molecular complexity index is 2590. The maximum atomic E-state index is 6.56. The molecule has 0 spiro atoms. The van der Waals surface area contributed by atoms with Gasteiger partial charge in [0.1, 0.15) is 11.3 Å². The van der Waals surface area contributed by atoms with Crippen molar-refractivity contribution < 1.29 is 4.42 Å². The van der Waals surface area contributed by atoms with Crippen molar-refractivity contribution in [2.45, 2.75) is 32.1 Å². The summed E-state index contributed by atoms with van der Waals surface area (Å²) in [6, 6.07) is 59.9. The first-order chi connectivity index (χ1) is 25.0. The molecule has 2 aliphatic carbocycles. The monoisotopic (exact) mass is 655 g/mol. The number of anilines is 3. The van der Waals surface area contributed by atoms with E-state index in [0.717, 1.165) is 46.6 Å². The molecular formula is C49H37NO. The fraction of sp³-hybridized carbons (Fsp3) is 0.102. The molecule has 0 saturated heterocycles. The first kappa shape index (κ1) is 29.8. The van der Waals surface area contributed by atoms with Crippen molar-refractivity contribution in [1.82, 2.24) is 0 Å². The maximum Gasteiger partial charge on any atom is 0.135 e. The van der Waals surface area contributed by atoms with Gasteiger partial charge in [-0.05, 0) is 99.0 Å². The summed E-state index contributed by atoms with van der Waals surface area (Å²) in [5.74, 6) is 1.08.